The quantitative estimate of drug-likeness (QED) is 0.444. The molecule has 70 valence electrons. The van der Waals surface area contributed by atoms with E-state index in [4.69, 9.17) is 5.11 Å². The Morgan fingerprint density at radius 1 is 1.42 bits per heavy atom. The van der Waals surface area contributed by atoms with Gasteiger partial charge in [0.05, 0.1) is 7.11 Å². The molecule has 0 aliphatic carbocycles. The third-order valence-electron chi connectivity index (χ3n) is 0.975. The van der Waals surface area contributed by atoms with Crippen molar-refractivity contribution in [1.82, 2.24) is 0 Å². The van der Waals surface area contributed by atoms with Gasteiger partial charge in [-0.05, 0) is 13.8 Å². The maximum Gasteiger partial charge on any atom is 0.274 e. The molecule has 0 aromatic heterocycles. The fourth-order valence-electron chi connectivity index (χ4n) is 0.204. The van der Waals surface area contributed by atoms with Crippen molar-refractivity contribution < 1.29 is 29.3 Å². The van der Waals surface area contributed by atoms with Gasteiger partial charge in [0.25, 0.3) is 5.95 Å². The van der Waals surface area contributed by atoms with E-state index in [9.17, 15) is 0 Å². The van der Waals surface area contributed by atoms with Gasteiger partial charge in [-0.1, -0.05) is 13.3 Å². The van der Waals surface area contributed by atoms with Crippen molar-refractivity contribution in [3.05, 3.63) is 18.4 Å². The number of ether oxygens (including phenoxy) is 1. The first-order valence-corrected chi connectivity index (χ1v) is 3.79. The van der Waals surface area contributed by atoms with Crippen LogP contribution in [-0.4, -0.2) is 12.2 Å². The van der Waals surface area contributed by atoms with Gasteiger partial charge in [0.15, 0.2) is 0 Å². The summed E-state index contributed by atoms with van der Waals surface area (Å²) in [5.41, 5.74) is 0.794. The van der Waals surface area contributed by atoms with Gasteiger partial charge in [0.2, 0.25) is 0 Å². The van der Waals surface area contributed by atoms with Gasteiger partial charge in [-0.25, -0.2) is 0 Å². The first-order chi connectivity index (χ1) is 5.09. The smallest absolute Gasteiger partial charge is 0.274 e. The maximum atomic E-state index is 8.59. The van der Waals surface area contributed by atoms with Gasteiger partial charge >= 0.3 is 0 Å². The predicted molar refractivity (Wildman–Crippen MR) is 48.3 cm³/mol. The molecule has 0 atom stereocenters. The second-order valence-corrected chi connectivity index (χ2v) is 2.36. The van der Waals surface area contributed by atoms with E-state index in [2.05, 4.69) is 18.6 Å². The van der Waals surface area contributed by atoms with E-state index in [1.165, 1.54) is 13.5 Å². The molecule has 12 heavy (non-hydrogen) atoms. The molecule has 0 aliphatic rings. The van der Waals surface area contributed by atoms with Crippen LogP contribution in [0.15, 0.2) is 11.5 Å². The summed E-state index contributed by atoms with van der Waals surface area (Å²) in [4.78, 5) is 0. The van der Waals surface area contributed by atoms with Gasteiger partial charge in [-0.2, -0.15) is 6.42 Å². The number of aliphatic hydroxyl groups is 1. The van der Waals surface area contributed by atoms with Gasteiger partial charge in [-0.15, -0.1) is 0 Å². The van der Waals surface area contributed by atoms with Crippen molar-refractivity contribution in [3.63, 3.8) is 0 Å². The minimum atomic E-state index is 0. The molecule has 0 heterocycles. The molecular formula is C9H19O2Zn-. The molecule has 0 fully saturated rings. The SMILES string of the molecule is COC(O)=C(C)C.[CH2-]CCC.[Zn]. The van der Waals surface area contributed by atoms with E-state index in [0.717, 1.165) is 12.0 Å². The first kappa shape index (κ1) is 17.9. The standard InChI is InChI=1S/C5H10O2.C4H9.Zn/c1-4(2)5(6)7-3;1-3-4-2;/h6H,1-3H3;1,3-4H2,2H3;/q;-1;. The molecule has 0 aromatic carbocycles. The molecule has 0 spiro atoms. The van der Waals surface area contributed by atoms with Gasteiger partial charge in [0, 0.05) is 25.1 Å². The molecular weight excluding hydrogens is 205 g/mol. The number of hydrogen-bond donors (Lipinski definition) is 1. The zero-order valence-corrected chi connectivity index (χ0v) is 11.7. The summed E-state index contributed by atoms with van der Waals surface area (Å²) in [5.74, 6) is 0.0139. The number of allylic oxidation sites excluding steroid dienone is 1. The van der Waals surface area contributed by atoms with Crippen LogP contribution in [0.25, 0.3) is 0 Å². The molecule has 3 heteroatoms. The van der Waals surface area contributed by atoms with Crippen LogP contribution in [0.2, 0.25) is 0 Å². The average molecular weight is 225 g/mol. The summed E-state index contributed by atoms with van der Waals surface area (Å²) in [7, 11) is 1.43. The van der Waals surface area contributed by atoms with Crippen LogP contribution in [0.1, 0.15) is 33.6 Å². The number of aliphatic hydroxyl groups excluding tert-OH is 1. The molecule has 0 unspecified atom stereocenters. The van der Waals surface area contributed by atoms with Crippen LogP contribution >= 0.6 is 0 Å². The van der Waals surface area contributed by atoms with Crippen LogP contribution in [-0.2, 0) is 24.2 Å². The number of unbranched alkanes of at least 4 members (excludes halogenated alkanes) is 1. The van der Waals surface area contributed by atoms with E-state index in [1.54, 1.807) is 13.8 Å². The molecule has 0 bridgehead atoms. The van der Waals surface area contributed by atoms with E-state index in [0.29, 0.717) is 0 Å². The Balaban J connectivity index is -0.000000142. The van der Waals surface area contributed by atoms with Crippen molar-refractivity contribution >= 4 is 0 Å². The van der Waals surface area contributed by atoms with Crippen LogP contribution in [0, 0.1) is 6.92 Å². The third kappa shape index (κ3) is 16.5. The molecule has 0 aliphatic heterocycles. The monoisotopic (exact) mass is 223 g/mol. The minimum absolute atomic E-state index is 0. The summed E-state index contributed by atoms with van der Waals surface area (Å²) in [6.45, 7) is 9.28. The van der Waals surface area contributed by atoms with Crippen molar-refractivity contribution in [3.8, 4) is 0 Å². The van der Waals surface area contributed by atoms with Crippen LogP contribution in [0.5, 0.6) is 0 Å². The van der Waals surface area contributed by atoms with Gasteiger partial charge in [-0.3, -0.25) is 0 Å². The molecule has 1 N–H and O–H groups in total. The normalized spacial score (nSPS) is 7.08. The van der Waals surface area contributed by atoms with Crippen molar-refractivity contribution in [2.24, 2.45) is 0 Å². The molecule has 0 radical (unpaired) electrons. The predicted octanol–water partition coefficient (Wildman–Crippen LogP) is 3.06. The van der Waals surface area contributed by atoms with Gasteiger partial charge in [0.1, 0.15) is 0 Å². The summed E-state index contributed by atoms with van der Waals surface area (Å²) < 4.78 is 4.45. The minimum Gasteiger partial charge on any atom is -0.481 e. The Kier molecular flexibility index (Phi) is 20.2. The van der Waals surface area contributed by atoms with E-state index in [-0.39, 0.29) is 25.4 Å². The van der Waals surface area contributed by atoms with Crippen molar-refractivity contribution in [1.29, 1.82) is 0 Å². The van der Waals surface area contributed by atoms with Crippen molar-refractivity contribution in [2.75, 3.05) is 7.11 Å². The fourth-order valence-corrected chi connectivity index (χ4v) is 0.204. The largest absolute Gasteiger partial charge is 0.481 e. The zero-order chi connectivity index (χ0) is 9.28. The Morgan fingerprint density at radius 2 is 1.75 bits per heavy atom. The molecule has 0 amide bonds. The van der Waals surface area contributed by atoms with E-state index in [1.807, 2.05) is 0 Å². The zero-order valence-electron chi connectivity index (χ0n) is 8.68. The Bertz CT molecular complexity index is 105. The summed E-state index contributed by atoms with van der Waals surface area (Å²) in [5, 5.41) is 8.59. The van der Waals surface area contributed by atoms with Crippen molar-refractivity contribution in [2.45, 2.75) is 33.6 Å². The average Bonchev–Trinajstić information content (AvgIpc) is 2.03. The second-order valence-electron chi connectivity index (χ2n) is 2.36. The second kappa shape index (κ2) is 13.5. The fraction of sp³-hybridized carbons (Fsp3) is 0.667. The number of hydrogen-bond acceptors (Lipinski definition) is 2. The number of methoxy groups -OCH3 is 1. The van der Waals surface area contributed by atoms with Crippen LogP contribution in [0.3, 0.4) is 0 Å². The van der Waals surface area contributed by atoms with Crippen LogP contribution < -0.4 is 0 Å². The molecule has 0 aromatic rings. The third-order valence-corrected chi connectivity index (χ3v) is 0.975. The topological polar surface area (TPSA) is 29.5 Å². The summed E-state index contributed by atoms with van der Waals surface area (Å²) >= 11 is 0. The number of rotatable bonds is 2. The molecule has 0 rings (SSSR count). The first-order valence-electron chi connectivity index (χ1n) is 3.79. The van der Waals surface area contributed by atoms with Gasteiger partial charge < -0.3 is 16.8 Å². The summed E-state index contributed by atoms with van der Waals surface area (Å²) in [6.07, 6.45) is 2.28. The maximum absolute atomic E-state index is 8.59. The van der Waals surface area contributed by atoms with E-state index < -0.39 is 0 Å². The molecule has 0 saturated heterocycles. The Hall–Kier alpha value is -0.0366. The Labute approximate surface area is 88.8 Å². The van der Waals surface area contributed by atoms with Crippen LogP contribution in [0.4, 0.5) is 0 Å². The summed E-state index contributed by atoms with van der Waals surface area (Å²) in [6, 6.07) is 0. The van der Waals surface area contributed by atoms with E-state index >= 15 is 0 Å². The molecule has 0 saturated carbocycles. The Morgan fingerprint density at radius 3 is 1.75 bits per heavy atom. The molecule has 2 nitrogen and oxygen atoms in total.